The Bertz CT molecular complexity index is 1240. The predicted molar refractivity (Wildman–Crippen MR) is 136 cm³/mol. The van der Waals surface area contributed by atoms with Crippen molar-refractivity contribution < 1.29 is 14.7 Å². The molecule has 7 nitrogen and oxygen atoms in total. The van der Waals surface area contributed by atoms with Crippen LogP contribution < -0.4 is 16.0 Å². The number of amides is 2. The van der Waals surface area contributed by atoms with Crippen molar-refractivity contribution in [2.75, 3.05) is 23.3 Å². The molecular formula is C26H25ClN4O3. The van der Waals surface area contributed by atoms with Crippen molar-refractivity contribution >= 4 is 40.8 Å². The molecule has 34 heavy (non-hydrogen) atoms. The van der Waals surface area contributed by atoms with Crippen molar-refractivity contribution in [3.05, 3.63) is 82.9 Å². The predicted octanol–water partition coefficient (Wildman–Crippen LogP) is 5.63. The maximum absolute atomic E-state index is 13.2. The van der Waals surface area contributed by atoms with E-state index in [1.165, 1.54) is 6.42 Å². The fourth-order valence-electron chi connectivity index (χ4n) is 4.07. The summed E-state index contributed by atoms with van der Waals surface area (Å²) in [6.07, 6.45) is 1.95. The highest BCUT2D eigenvalue weighted by atomic mass is 35.5. The standard InChI is InChI=1S/C26H25ClN4O3/c27-21-12-10-19(16-23(21)31-13-5-2-6-14-31)25(32)29-22-15-18(17-7-3-1-4-8-17)9-11-20(22)24(28)30-26(33)34/h1,3-4,7-12,15-16H,2,5-6,13-14H2,(H2,28,30)(H,29,32)(H,33,34). The summed E-state index contributed by atoms with van der Waals surface area (Å²) in [6, 6.07) is 20.0. The van der Waals surface area contributed by atoms with Gasteiger partial charge in [-0.15, -0.1) is 0 Å². The van der Waals surface area contributed by atoms with E-state index in [9.17, 15) is 9.59 Å². The second-order valence-corrected chi connectivity index (χ2v) is 8.48. The number of hydrogen-bond acceptors (Lipinski definition) is 3. The molecule has 2 amide bonds. The summed E-state index contributed by atoms with van der Waals surface area (Å²) in [7, 11) is 0. The molecule has 3 aromatic rings. The number of nitrogens with zero attached hydrogens (tertiary/aromatic N) is 2. The molecule has 0 saturated carbocycles. The zero-order valence-corrected chi connectivity index (χ0v) is 19.3. The average molecular weight is 477 g/mol. The first-order valence-electron chi connectivity index (χ1n) is 11.0. The van der Waals surface area contributed by atoms with Crippen LogP contribution >= 0.6 is 11.6 Å². The van der Waals surface area contributed by atoms with Gasteiger partial charge in [-0.25, -0.2) is 4.79 Å². The fraction of sp³-hybridized carbons (Fsp3) is 0.192. The summed E-state index contributed by atoms with van der Waals surface area (Å²) in [4.78, 5) is 29.9. The Labute approximate surface area is 202 Å². The van der Waals surface area contributed by atoms with E-state index < -0.39 is 6.09 Å². The van der Waals surface area contributed by atoms with Gasteiger partial charge in [-0.2, -0.15) is 4.99 Å². The Morgan fingerprint density at radius 3 is 2.38 bits per heavy atom. The lowest BCUT2D eigenvalue weighted by molar-refractivity contribution is 0.102. The molecule has 4 N–H and O–H groups in total. The van der Waals surface area contributed by atoms with E-state index in [2.05, 4.69) is 15.2 Å². The molecule has 174 valence electrons. The van der Waals surface area contributed by atoms with E-state index in [1.54, 1.807) is 36.4 Å². The van der Waals surface area contributed by atoms with Crippen molar-refractivity contribution in [3.63, 3.8) is 0 Å². The van der Waals surface area contributed by atoms with Crippen LogP contribution in [0.25, 0.3) is 11.1 Å². The van der Waals surface area contributed by atoms with E-state index in [0.717, 1.165) is 42.7 Å². The first kappa shape index (κ1) is 23.3. The van der Waals surface area contributed by atoms with Crippen LogP contribution in [-0.2, 0) is 0 Å². The van der Waals surface area contributed by atoms with E-state index in [1.807, 2.05) is 30.3 Å². The van der Waals surface area contributed by atoms with Gasteiger partial charge in [0.1, 0.15) is 5.84 Å². The van der Waals surface area contributed by atoms with E-state index in [-0.39, 0.29) is 11.7 Å². The lowest BCUT2D eigenvalue weighted by Gasteiger charge is -2.29. The van der Waals surface area contributed by atoms with Crippen LogP contribution in [0.15, 0.2) is 71.7 Å². The van der Waals surface area contributed by atoms with Gasteiger partial charge >= 0.3 is 6.09 Å². The summed E-state index contributed by atoms with van der Waals surface area (Å²) in [5, 5.41) is 12.5. The Morgan fingerprint density at radius 2 is 1.68 bits per heavy atom. The van der Waals surface area contributed by atoms with Gasteiger partial charge in [0.2, 0.25) is 0 Å². The van der Waals surface area contributed by atoms with Gasteiger partial charge in [0.05, 0.1) is 16.4 Å². The lowest BCUT2D eigenvalue weighted by atomic mass is 10.0. The van der Waals surface area contributed by atoms with Crippen LogP contribution in [0.2, 0.25) is 5.02 Å². The Kier molecular flexibility index (Phi) is 7.13. The van der Waals surface area contributed by atoms with Crippen LogP contribution in [0.1, 0.15) is 35.2 Å². The number of halogens is 1. The number of hydrogen-bond donors (Lipinski definition) is 3. The second kappa shape index (κ2) is 10.4. The van der Waals surface area contributed by atoms with Crippen molar-refractivity contribution in [1.82, 2.24) is 0 Å². The topological polar surface area (TPSA) is 108 Å². The van der Waals surface area contributed by atoms with Gasteiger partial charge in [-0.1, -0.05) is 48.0 Å². The largest absolute Gasteiger partial charge is 0.463 e. The van der Waals surface area contributed by atoms with E-state index in [0.29, 0.717) is 21.8 Å². The number of carboxylic acid groups (broad SMARTS) is 1. The average Bonchev–Trinajstić information content (AvgIpc) is 2.85. The van der Waals surface area contributed by atoms with Crippen LogP contribution in [0.5, 0.6) is 0 Å². The summed E-state index contributed by atoms with van der Waals surface area (Å²) in [5.74, 6) is -0.558. The van der Waals surface area contributed by atoms with Crippen molar-refractivity contribution in [2.45, 2.75) is 19.3 Å². The Morgan fingerprint density at radius 1 is 0.941 bits per heavy atom. The minimum absolute atomic E-state index is 0.201. The molecule has 0 unspecified atom stereocenters. The Hall–Kier alpha value is -3.84. The summed E-state index contributed by atoms with van der Waals surface area (Å²) in [5.41, 5.74) is 9.67. The molecule has 3 aromatic carbocycles. The number of nitrogens with one attached hydrogen (secondary N) is 1. The molecule has 1 aliphatic heterocycles. The van der Waals surface area contributed by atoms with Gasteiger partial charge in [0.25, 0.3) is 5.91 Å². The molecule has 0 radical (unpaired) electrons. The summed E-state index contributed by atoms with van der Waals surface area (Å²) in [6.45, 7) is 1.80. The highest BCUT2D eigenvalue weighted by Gasteiger charge is 2.18. The number of anilines is 2. The number of rotatable bonds is 5. The third-order valence-corrected chi connectivity index (χ3v) is 6.09. The number of benzene rings is 3. The van der Waals surface area contributed by atoms with Crippen LogP contribution in [-0.4, -0.2) is 36.0 Å². The van der Waals surface area contributed by atoms with Gasteiger partial charge in [0.15, 0.2) is 0 Å². The first-order valence-corrected chi connectivity index (χ1v) is 11.4. The highest BCUT2D eigenvalue weighted by Crippen LogP contribution is 2.31. The number of carbonyl (C=O) groups excluding carboxylic acids is 1. The summed E-state index contributed by atoms with van der Waals surface area (Å²) >= 11 is 6.44. The number of piperidine rings is 1. The molecule has 0 aromatic heterocycles. The molecule has 8 heteroatoms. The van der Waals surface area contributed by atoms with Gasteiger partial charge in [-0.05, 0) is 60.7 Å². The van der Waals surface area contributed by atoms with Gasteiger partial charge in [-0.3, -0.25) is 4.79 Å². The quantitative estimate of drug-likeness (QED) is 0.326. The normalized spacial score (nSPS) is 14.0. The smallest absolute Gasteiger partial charge is 0.433 e. The zero-order chi connectivity index (χ0) is 24.1. The number of aliphatic imine (C=N–C) groups is 1. The molecule has 0 aliphatic carbocycles. The third-order valence-electron chi connectivity index (χ3n) is 5.77. The van der Waals surface area contributed by atoms with Gasteiger partial charge < -0.3 is 21.1 Å². The maximum Gasteiger partial charge on any atom is 0.433 e. The molecule has 0 spiro atoms. The number of amidine groups is 1. The molecular weight excluding hydrogens is 452 g/mol. The molecule has 4 rings (SSSR count). The van der Waals surface area contributed by atoms with Crippen molar-refractivity contribution in [3.8, 4) is 11.1 Å². The molecule has 1 aliphatic rings. The molecule has 1 fully saturated rings. The number of nitrogens with two attached hydrogens (primary N) is 1. The minimum Gasteiger partial charge on any atom is -0.463 e. The van der Waals surface area contributed by atoms with Crippen LogP contribution in [0, 0.1) is 0 Å². The molecule has 1 heterocycles. The van der Waals surface area contributed by atoms with Crippen LogP contribution in [0.3, 0.4) is 0 Å². The number of carbonyl (C=O) groups is 2. The molecule has 1 saturated heterocycles. The SMILES string of the molecule is NC(=NC(=O)O)c1ccc(-c2ccccc2)cc1NC(=O)c1ccc(Cl)c(N2CCCCC2)c1. The van der Waals surface area contributed by atoms with Crippen molar-refractivity contribution in [1.29, 1.82) is 0 Å². The summed E-state index contributed by atoms with van der Waals surface area (Å²) < 4.78 is 0. The molecule has 0 bridgehead atoms. The Balaban J connectivity index is 1.69. The zero-order valence-electron chi connectivity index (χ0n) is 18.5. The van der Waals surface area contributed by atoms with Gasteiger partial charge in [0, 0.05) is 24.2 Å². The maximum atomic E-state index is 13.2. The highest BCUT2D eigenvalue weighted by molar-refractivity contribution is 6.33. The fourth-order valence-corrected chi connectivity index (χ4v) is 4.31. The third kappa shape index (κ3) is 5.38. The van der Waals surface area contributed by atoms with Crippen molar-refractivity contribution in [2.24, 2.45) is 10.7 Å². The lowest BCUT2D eigenvalue weighted by Crippen LogP contribution is -2.30. The first-order chi connectivity index (χ1) is 16.4. The molecule has 0 atom stereocenters. The van der Waals surface area contributed by atoms with Crippen LogP contribution in [0.4, 0.5) is 16.2 Å². The van der Waals surface area contributed by atoms with E-state index >= 15 is 0 Å². The minimum atomic E-state index is -1.41. The monoisotopic (exact) mass is 476 g/mol. The van der Waals surface area contributed by atoms with E-state index in [4.69, 9.17) is 22.4 Å². The second-order valence-electron chi connectivity index (χ2n) is 8.07.